The Bertz CT molecular complexity index is 487. The second-order valence-corrected chi connectivity index (χ2v) is 8.61. The van der Waals surface area contributed by atoms with E-state index in [-0.39, 0.29) is 0 Å². The van der Waals surface area contributed by atoms with E-state index in [9.17, 15) is 8.42 Å². The molecule has 1 heterocycles. The molecule has 7 nitrogen and oxygen atoms in total. The van der Waals surface area contributed by atoms with Crippen molar-refractivity contribution in [3.8, 4) is 0 Å². The van der Waals surface area contributed by atoms with Gasteiger partial charge in [0.05, 0.1) is 6.26 Å². The number of nitrogens with one attached hydrogen (secondary N) is 2. The zero-order chi connectivity index (χ0) is 18.7. The molecule has 0 spiro atoms. The zero-order valence-electron chi connectivity index (χ0n) is 16.4. The standard InChI is InChI=1S/C17H37N5O2S/c1-5-12-21-14-9-16(10-15-21)20-17(18-6-2)19-11-8-13-22(7-3)25(4,23)24/h16H,5-15H2,1-4H3,(H2,18,19,20). The van der Waals surface area contributed by atoms with Crippen LogP contribution in [0.15, 0.2) is 4.99 Å². The first kappa shape index (κ1) is 22.2. The van der Waals surface area contributed by atoms with Gasteiger partial charge in [0.15, 0.2) is 5.96 Å². The quantitative estimate of drug-likeness (QED) is 0.340. The largest absolute Gasteiger partial charge is 0.357 e. The van der Waals surface area contributed by atoms with E-state index in [1.807, 2.05) is 6.92 Å². The lowest BCUT2D eigenvalue weighted by atomic mass is 10.1. The van der Waals surface area contributed by atoms with Gasteiger partial charge in [0, 0.05) is 45.3 Å². The van der Waals surface area contributed by atoms with Gasteiger partial charge in [-0.25, -0.2) is 12.7 Å². The summed E-state index contributed by atoms with van der Waals surface area (Å²) in [5, 5.41) is 6.82. The molecule has 8 heteroatoms. The van der Waals surface area contributed by atoms with Crippen molar-refractivity contribution in [2.45, 2.75) is 52.5 Å². The number of aliphatic imine (C=N–C) groups is 1. The van der Waals surface area contributed by atoms with Crippen molar-refractivity contribution in [1.29, 1.82) is 0 Å². The van der Waals surface area contributed by atoms with Crippen molar-refractivity contribution < 1.29 is 8.42 Å². The number of likely N-dealkylation sites (tertiary alicyclic amines) is 1. The first-order valence-corrected chi connectivity index (χ1v) is 11.5. The van der Waals surface area contributed by atoms with Gasteiger partial charge < -0.3 is 15.5 Å². The molecule has 0 unspecified atom stereocenters. The lowest BCUT2D eigenvalue weighted by Crippen LogP contribution is -2.48. The normalized spacial score (nSPS) is 17.9. The summed E-state index contributed by atoms with van der Waals surface area (Å²) in [5.41, 5.74) is 0. The summed E-state index contributed by atoms with van der Waals surface area (Å²) in [7, 11) is -3.11. The second kappa shape index (κ2) is 11.7. The number of piperidine rings is 1. The van der Waals surface area contributed by atoms with Gasteiger partial charge in [-0.15, -0.1) is 0 Å². The van der Waals surface area contributed by atoms with Crippen LogP contribution >= 0.6 is 0 Å². The highest BCUT2D eigenvalue weighted by atomic mass is 32.2. The minimum atomic E-state index is -3.11. The Labute approximate surface area is 154 Å². The van der Waals surface area contributed by atoms with E-state index in [4.69, 9.17) is 0 Å². The Morgan fingerprint density at radius 1 is 1.24 bits per heavy atom. The van der Waals surface area contributed by atoms with Gasteiger partial charge in [0.25, 0.3) is 0 Å². The molecule has 0 aliphatic carbocycles. The Morgan fingerprint density at radius 3 is 2.44 bits per heavy atom. The lowest BCUT2D eigenvalue weighted by Gasteiger charge is -2.32. The molecule has 1 saturated heterocycles. The van der Waals surface area contributed by atoms with Crippen LogP contribution in [0, 0.1) is 0 Å². The number of hydrogen-bond donors (Lipinski definition) is 2. The van der Waals surface area contributed by atoms with Crippen molar-refractivity contribution in [1.82, 2.24) is 19.8 Å². The van der Waals surface area contributed by atoms with Gasteiger partial charge in [-0.1, -0.05) is 13.8 Å². The highest BCUT2D eigenvalue weighted by Gasteiger charge is 2.19. The summed E-state index contributed by atoms with van der Waals surface area (Å²) in [4.78, 5) is 7.13. The molecule has 0 saturated carbocycles. The minimum absolute atomic E-state index is 0.467. The molecule has 0 atom stereocenters. The fraction of sp³-hybridized carbons (Fsp3) is 0.941. The third-order valence-corrected chi connectivity index (χ3v) is 5.85. The van der Waals surface area contributed by atoms with E-state index >= 15 is 0 Å². The SMILES string of the molecule is CCCN1CCC(NC(=NCCCN(CC)S(C)(=O)=O)NCC)CC1. The maximum atomic E-state index is 11.6. The monoisotopic (exact) mass is 375 g/mol. The van der Waals surface area contributed by atoms with E-state index in [0.29, 0.717) is 25.7 Å². The molecule has 1 rings (SSSR count). The van der Waals surface area contributed by atoms with Gasteiger partial charge in [0.2, 0.25) is 10.0 Å². The van der Waals surface area contributed by atoms with Crippen LogP contribution in [0.4, 0.5) is 0 Å². The van der Waals surface area contributed by atoms with Crippen LogP contribution in [-0.2, 0) is 10.0 Å². The van der Waals surface area contributed by atoms with Gasteiger partial charge in [-0.2, -0.15) is 0 Å². The third-order valence-electron chi connectivity index (χ3n) is 4.47. The highest BCUT2D eigenvalue weighted by molar-refractivity contribution is 7.88. The van der Waals surface area contributed by atoms with Gasteiger partial charge in [-0.05, 0) is 39.2 Å². The molecule has 1 aliphatic heterocycles. The molecule has 1 aliphatic rings. The average Bonchev–Trinajstić information content (AvgIpc) is 2.55. The second-order valence-electron chi connectivity index (χ2n) is 6.63. The van der Waals surface area contributed by atoms with Crippen molar-refractivity contribution in [3.05, 3.63) is 0 Å². The molecule has 0 radical (unpaired) electrons. The first-order valence-electron chi connectivity index (χ1n) is 9.63. The summed E-state index contributed by atoms with van der Waals surface area (Å²) in [6, 6.07) is 0.467. The van der Waals surface area contributed by atoms with Crippen molar-refractivity contribution >= 4 is 16.0 Å². The molecule has 148 valence electrons. The number of sulfonamides is 1. The molecule has 0 aromatic carbocycles. The Hall–Kier alpha value is -0.860. The third kappa shape index (κ3) is 8.87. The topological polar surface area (TPSA) is 77.0 Å². The van der Waals surface area contributed by atoms with Crippen LogP contribution in [0.5, 0.6) is 0 Å². The maximum Gasteiger partial charge on any atom is 0.211 e. The van der Waals surface area contributed by atoms with Gasteiger partial charge >= 0.3 is 0 Å². The Balaban J connectivity index is 2.41. The van der Waals surface area contributed by atoms with Crippen LogP contribution in [0.3, 0.4) is 0 Å². The van der Waals surface area contributed by atoms with E-state index in [1.165, 1.54) is 23.5 Å². The highest BCUT2D eigenvalue weighted by Crippen LogP contribution is 2.10. The number of nitrogens with zero attached hydrogens (tertiary/aromatic N) is 3. The van der Waals surface area contributed by atoms with Crippen molar-refractivity contribution in [2.75, 3.05) is 52.1 Å². The van der Waals surface area contributed by atoms with Crippen LogP contribution in [-0.4, -0.2) is 81.7 Å². The summed E-state index contributed by atoms with van der Waals surface area (Å²) in [6.07, 6.45) is 5.48. The Morgan fingerprint density at radius 2 is 1.92 bits per heavy atom. The van der Waals surface area contributed by atoms with Gasteiger partial charge in [-0.3, -0.25) is 4.99 Å². The Kier molecular flexibility index (Phi) is 10.4. The molecule has 0 bridgehead atoms. The summed E-state index contributed by atoms with van der Waals surface area (Å²) in [6.45, 7) is 12.1. The van der Waals surface area contributed by atoms with Crippen LogP contribution in [0.2, 0.25) is 0 Å². The van der Waals surface area contributed by atoms with Crippen LogP contribution in [0.1, 0.15) is 46.5 Å². The van der Waals surface area contributed by atoms with E-state index in [1.54, 1.807) is 0 Å². The smallest absolute Gasteiger partial charge is 0.211 e. The molecule has 0 amide bonds. The van der Waals surface area contributed by atoms with E-state index < -0.39 is 10.0 Å². The van der Waals surface area contributed by atoms with Crippen molar-refractivity contribution in [3.63, 3.8) is 0 Å². The first-order chi connectivity index (χ1) is 11.9. The molecule has 0 aromatic heterocycles. The molecule has 1 fully saturated rings. The van der Waals surface area contributed by atoms with Crippen molar-refractivity contribution in [2.24, 2.45) is 4.99 Å². The predicted octanol–water partition coefficient (Wildman–Crippen LogP) is 1.09. The zero-order valence-corrected chi connectivity index (χ0v) is 17.2. The lowest BCUT2D eigenvalue weighted by molar-refractivity contribution is 0.206. The maximum absolute atomic E-state index is 11.6. The van der Waals surface area contributed by atoms with Crippen LogP contribution in [0.25, 0.3) is 0 Å². The molecule has 2 N–H and O–H groups in total. The molecule has 25 heavy (non-hydrogen) atoms. The summed E-state index contributed by atoms with van der Waals surface area (Å²) in [5.74, 6) is 0.846. The number of guanidine groups is 1. The fourth-order valence-electron chi connectivity index (χ4n) is 3.13. The average molecular weight is 376 g/mol. The number of hydrogen-bond acceptors (Lipinski definition) is 4. The summed E-state index contributed by atoms with van der Waals surface area (Å²) >= 11 is 0. The fourth-order valence-corrected chi connectivity index (χ4v) is 4.06. The molecular weight excluding hydrogens is 338 g/mol. The van der Waals surface area contributed by atoms with Crippen LogP contribution < -0.4 is 10.6 Å². The predicted molar refractivity (Wildman–Crippen MR) is 106 cm³/mol. The van der Waals surface area contributed by atoms with E-state index in [0.717, 1.165) is 44.9 Å². The molecular formula is C17H37N5O2S. The van der Waals surface area contributed by atoms with Gasteiger partial charge in [0.1, 0.15) is 0 Å². The summed E-state index contributed by atoms with van der Waals surface area (Å²) < 4.78 is 24.7. The minimum Gasteiger partial charge on any atom is -0.357 e. The molecule has 0 aromatic rings. The van der Waals surface area contributed by atoms with E-state index in [2.05, 4.69) is 34.4 Å². The number of rotatable bonds is 10.